The average Bonchev–Trinajstić information content (AvgIpc) is 3.13. The standard InChI is InChI=1S/C19H23NO5S3/c1-3-8-25-15-6-5-13(10-16(15)24-4-2)11-17-18(21)20(19(26)27-17)14-7-9-28(22,23)12-14/h5-6,10-11,14H,3-4,7-9,12H2,1-2H3/b17-11+/t14-/m0/s1. The zero-order valence-corrected chi connectivity index (χ0v) is 18.3. The number of sulfone groups is 1. The summed E-state index contributed by atoms with van der Waals surface area (Å²) in [5, 5.41) is 0. The molecule has 2 saturated heterocycles. The maximum Gasteiger partial charge on any atom is 0.266 e. The summed E-state index contributed by atoms with van der Waals surface area (Å²) in [6, 6.07) is 5.16. The highest BCUT2D eigenvalue weighted by Crippen LogP contribution is 2.37. The molecule has 0 bridgehead atoms. The monoisotopic (exact) mass is 441 g/mol. The van der Waals surface area contributed by atoms with Crippen LogP contribution in [0.15, 0.2) is 23.1 Å². The number of thiocarbonyl (C=S) groups is 1. The molecule has 0 radical (unpaired) electrons. The second-order valence-electron chi connectivity index (χ2n) is 6.60. The van der Waals surface area contributed by atoms with Crippen LogP contribution >= 0.6 is 24.0 Å². The maximum absolute atomic E-state index is 12.8. The lowest BCUT2D eigenvalue weighted by molar-refractivity contribution is -0.123. The number of carbonyl (C=O) groups is 1. The van der Waals surface area contributed by atoms with Gasteiger partial charge in [-0.1, -0.05) is 37.0 Å². The quantitative estimate of drug-likeness (QED) is 0.475. The molecule has 1 atom stereocenters. The van der Waals surface area contributed by atoms with Crippen LogP contribution in [-0.4, -0.2) is 54.3 Å². The van der Waals surface area contributed by atoms with E-state index in [0.29, 0.717) is 40.4 Å². The van der Waals surface area contributed by atoms with Crippen LogP contribution in [0, 0.1) is 0 Å². The van der Waals surface area contributed by atoms with Gasteiger partial charge < -0.3 is 9.47 Å². The van der Waals surface area contributed by atoms with Crippen LogP contribution in [0.5, 0.6) is 11.5 Å². The summed E-state index contributed by atoms with van der Waals surface area (Å²) in [7, 11) is -3.09. The lowest BCUT2D eigenvalue weighted by atomic mass is 10.1. The number of thioether (sulfide) groups is 1. The third-order valence-corrected chi connectivity index (χ3v) is 7.50. The number of nitrogens with zero attached hydrogens (tertiary/aromatic N) is 1. The van der Waals surface area contributed by atoms with Gasteiger partial charge in [0.2, 0.25) is 0 Å². The van der Waals surface area contributed by atoms with E-state index in [1.807, 2.05) is 32.0 Å². The van der Waals surface area contributed by atoms with Crippen molar-refractivity contribution in [3.05, 3.63) is 28.7 Å². The van der Waals surface area contributed by atoms with Gasteiger partial charge in [-0.2, -0.15) is 0 Å². The van der Waals surface area contributed by atoms with E-state index >= 15 is 0 Å². The van der Waals surface area contributed by atoms with E-state index in [1.165, 1.54) is 16.7 Å². The summed E-state index contributed by atoms with van der Waals surface area (Å²) < 4.78 is 35.3. The highest BCUT2D eigenvalue weighted by atomic mass is 32.2. The number of ether oxygens (including phenoxy) is 2. The van der Waals surface area contributed by atoms with Crippen molar-refractivity contribution >= 4 is 50.1 Å². The normalized spacial score (nSPS) is 22.9. The van der Waals surface area contributed by atoms with Crippen molar-refractivity contribution < 1.29 is 22.7 Å². The fourth-order valence-electron chi connectivity index (χ4n) is 3.14. The molecule has 1 aromatic rings. The van der Waals surface area contributed by atoms with Gasteiger partial charge in [0.05, 0.1) is 35.7 Å². The van der Waals surface area contributed by atoms with E-state index in [0.717, 1.165) is 12.0 Å². The van der Waals surface area contributed by atoms with Gasteiger partial charge in [0.25, 0.3) is 5.91 Å². The Morgan fingerprint density at radius 1 is 1.29 bits per heavy atom. The zero-order valence-electron chi connectivity index (χ0n) is 15.8. The lowest BCUT2D eigenvalue weighted by Gasteiger charge is -2.20. The summed E-state index contributed by atoms with van der Waals surface area (Å²) in [6.45, 7) is 5.04. The summed E-state index contributed by atoms with van der Waals surface area (Å²) in [5.74, 6) is 1.14. The second-order valence-corrected chi connectivity index (χ2v) is 10.5. The van der Waals surface area contributed by atoms with Gasteiger partial charge in [-0.3, -0.25) is 9.69 Å². The van der Waals surface area contributed by atoms with E-state index in [9.17, 15) is 13.2 Å². The molecule has 1 aromatic carbocycles. The molecule has 2 fully saturated rings. The first-order valence-electron chi connectivity index (χ1n) is 9.21. The van der Waals surface area contributed by atoms with Crippen LogP contribution in [-0.2, 0) is 14.6 Å². The number of hydrogen-bond donors (Lipinski definition) is 0. The molecule has 2 heterocycles. The molecule has 28 heavy (non-hydrogen) atoms. The molecule has 0 saturated carbocycles. The maximum atomic E-state index is 12.8. The van der Waals surface area contributed by atoms with Crippen LogP contribution < -0.4 is 9.47 Å². The molecule has 6 nitrogen and oxygen atoms in total. The Morgan fingerprint density at radius 3 is 2.71 bits per heavy atom. The molecular weight excluding hydrogens is 418 g/mol. The molecule has 0 aromatic heterocycles. The molecule has 0 unspecified atom stereocenters. The largest absolute Gasteiger partial charge is 0.490 e. The molecular formula is C19H23NO5S3. The first-order chi connectivity index (χ1) is 13.3. The van der Waals surface area contributed by atoms with Crippen molar-refractivity contribution in [2.45, 2.75) is 32.7 Å². The number of amides is 1. The minimum Gasteiger partial charge on any atom is -0.490 e. The van der Waals surface area contributed by atoms with Gasteiger partial charge >= 0.3 is 0 Å². The highest BCUT2D eigenvalue weighted by molar-refractivity contribution is 8.26. The molecule has 2 aliphatic heterocycles. The average molecular weight is 442 g/mol. The van der Waals surface area contributed by atoms with Crippen molar-refractivity contribution in [1.82, 2.24) is 4.90 Å². The topological polar surface area (TPSA) is 72.9 Å². The lowest BCUT2D eigenvalue weighted by Crippen LogP contribution is -2.39. The first-order valence-corrected chi connectivity index (χ1v) is 12.3. The van der Waals surface area contributed by atoms with Crippen molar-refractivity contribution in [2.75, 3.05) is 24.7 Å². The first kappa shape index (κ1) is 21.1. The van der Waals surface area contributed by atoms with Gasteiger partial charge in [0.15, 0.2) is 21.3 Å². The molecule has 3 rings (SSSR count). The Balaban J connectivity index is 1.82. The minimum absolute atomic E-state index is 0.0231. The van der Waals surface area contributed by atoms with Crippen molar-refractivity contribution in [2.24, 2.45) is 0 Å². The smallest absolute Gasteiger partial charge is 0.266 e. The summed E-state index contributed by atoms with van der Waals surface area (Å²) in [6.07, 6.45) is 3.08. The minimum atomic E-state index is -3.09. The van der Waals surface area contributed by atoms with Crippen LogP contribution in [0.3, 0.4) is 0 Å². The Bertz CT molecular complexity index is 910. The Kier molecular flexibility index (Phi) is 6.67. The highest BCUT2D eigenvalue weighted by Gasteiger charge is 2.42. The van der Waals surface area contributed by atoms with E-state index < -0.39 is 9.84 Å². The third-order valence-electron chi connectivity index (χ3n) is 4.42. The fraction of sp³-hybridized carbons (Fsp3) is 0.474. The molecule has 0 spiro atoms. The molecule has 0 aliphatic carbocycles. The van der Waals surface area contributed by atoms with E-state index in [1.54, 1.807) is 6.08 Å². The van der Waals surface area contributed by atoms with Gasteiger partial charge in [-0.05, 0) is 43.5 Å². The van der Waals surface area contributed by atoms with Gasteiger partial charge in [-0.25, -0.2) is 8.42 Å². The van der Waals surface area contributed by atoms with E-state index in [4.69, 9.17) is 21.7 Å². The van der Waals surface area contributed by atoms with E-state index in [-0.39, 0.29) is 23.5 Å². The Hall–Kier alpha value is -1.58. The Labute approximate surface area is 175 Å². The zero-order chi connectivity index (χ0) is 20.3. The molecule has 1 amide bonds. The van der Waals surface area contributed by atoms with Gasteiger partial charge in [-0.15, -0.1) is 0 Å². The second kappa shape index (κ2) is 8.84. The molecule has 152 valence electrons. The predicted octanol–water partition coefficient (Wildman–Crippen LogP) is 3.26. The van der Waals surface area contributed by atoms with Crippen molar-refractivity contribution in [1.29, 1.82) is 0 Å². The summed E-state index contributed by atoms with van der Waals surface area (Å²) >= 11 is 6.55. The van der Waals surface area contributed by atoms with Gasteiger partial charge in [0.1, 0.15) is 4.32 Å². The summed E-state index contributed by atoms with van der Waals surface area (Å²) in [5.41, 5.74) is 0.798. The van der Waals surface area contributed by atoms with Crippen LogP contribution in [0.2, 0.25) is 0 Å². The SMILES string of the molecule is CCCOc1ccc(/C=C2/SC(=S)N([C@H]3CCS(=O)(=O)C3)C2=O)cc1OCC. The van der Waals surface area contributed by atoms with Gasteiger partial charge in [0, 0.05) is 0 Å². The number of hydrogen-bond acceptors (Lipinski definition) is 7. The van der Waals surface area contributed by atoms with Crippen molar-refractivity contribution in [3.8, 4) is 11.5 Å². The van der Waals surface area contributed by atoms with E-state index in [2.05, 4.69) is 0 Å². The van der Waals surface area contributed by atoms with Crippen LogP contribution in [0.4, 0.5) is 0 Å². The molecule has 0 N–H and O–H groups in total. The number of carbonyl (C=O) groups excluding carboxylic acids is 1. The fourth-order valence-corrected chi connectivity index (χ4v) is 6.24. The van der Waals surface area contributed by atoms with Crippen molar-refractivity contribution in [3.63, 3.8) is 0 Å². The Morgan fingerprint density at radius 2 is 2.07 bits per heavy atom. The number of rotatable bonds is 7. The van der Waals surface area contributed by atoms with Crippen LogP contribution in [0.25, 0.3) is 6.08 Å². The predicted molar refractivity (Wildman–Crippen MR) is 115 cm³/mol. The molecule has 9 heteroatoms. The summed E-state index contributed by atoms with van der Waals surface area (Å²) in [4.78, 5) is 14.8. The third kappa shape index (κ3) is 4.69. The van der Waals surface area contributed by atoms with Crippen LogP contribution in [0.1, 0.15) is 32.3 Å². The number of benzene rings is 1. The molecule has 2 aliphatic rings.